The van der Waals surface area contributed by atoms with Gasteiger partial charge in [-0.3, -0.25) is 4.98 Å². The second kappa shape index (κ2) is 11.6. The van der Waals surface area contributed by atoms with Crippen LogP contribution in [-0.2, 0) is 12.0 Å². The van der Waals surface area contributed by atoms with Crippen molar-refractivity contribution >= 4 is 22.3 Å². The number of alkyl halides is 3. The van der Waals surface area contributed by atoms with E-state index in [-0.39, 0.29) is 12.6 Å². The number of anilines is 2. The highest BCUT2D eigenvalue weighted by molar-refractivity contribution is 5.94. The average molecular weight is 537 g/mol. The molecule has 0 bridgehead atoms. The van der Waals surface area contributed by atoms with Crippen molar-refractivity contribution < 1.29 is 13.2 Å². The van der Waals surface area contributed by atoms with Crippen LogP contribution in [0.15, 0.2) is 42.6 Å². The summed E-state index contributed by atoms with van der Waals surface area (Å²) in [5.74, 6) is 5.90. The number of nitrogens with one attached hydrogen (secondary N) is 2. The molecule has 2 N–H and O–H groups in total. The highest BCUT2D eigenvalue weighted by Crippen LogP contribution is 2.31. The number of rotatable bonds is 7. The summed E-state index contributed by atoms with van der Waals surface area (Å²) in [7, 11) is 0. The van der Waals surface area contributed by atoms with Crippen LogP contribution in [-0.4, -0.2) is 52.3 Å². The summed E-state index contributed by atoms with van der Waals surface area (Å²) < 4.78 is 41.8. The van der Waals surface area contributed by atoms with Gasteiger partial charge in [0.05, 0.1) is 46.8 Å². The van der Waals surface area contributed by atoms with Crippen molar-refractivity contribution in [2.24, 2.45) is 0 Å². The first-order valence-electron chi connectivity index (χ1n) is 13.3. The molecule has 39 heavy (non-hydrogen) atoms. The summed E-state index contributed by atoms with van der Waals surface area (Å²) in [5.41, 5.74) is 2.35. The van der Waals surface area contributed by atoms with Gasteiger partial charge in [0.1, 0.15) is 6.54 Å². The van der Waals surface area contributed by atoms with E-state index in [1.807, 2.05) is 12.1 Å². The van der Waals surface area contributed by atoms with Crippen LogP contribution in [0, 0.1) is 23.2 Å². The Hall–Kier alpha value is -3.69. The van der Waals surface area contributed by atoms with Crippen LogP contribution in [0.25, 0.3) is 10.9 Å². The minimum absolute atomic E-state index is 0.232. The number of hydrogen-bond acceptors (Lipinski definition) is 5. The third kappa shape index (κ3) is 7.04. The van der Waals surface area contributed by atoms with Crippen molar-refractivity contribution in [2.75, 3.05) is 30.3 Å². The van der Waals surface area contributed by atoms with E-state index < -0.39 is 18.1 Å². The first kappa shape index (κ1) is 28.3. The molecular weight excluding hydrogens is 501 g/mol. The first-order valence-corrected chi connectivity index (χ1v) is 13.3. The predicted molar refractivity (Wildman–Crippen MR) is 150 cm³/mol. The fourth-order valence-electron chi connectivity index (χ4n) is 4.85. The van der Waals surface area contributed by atoms with Crippen LogP contribution in [0.1, 0.15) is 51.9 Å². The molecule has 9 heteroatoms. The SMILES string of the molecule is CC(C)N1CCC(Nc2cccc3c2cc(C#CCNc2ccc(C(C)(C)C#N)nc2)n3CC(F)(F)F)CC1. The minimum atomic E-state index is -4.38. The zero-order chi connectivity index (χ0) is 28.2. The lowest BCUT2D eigenvalue weighted by molar-refractivity contribution is -0.140. The summed E-state index contributed by atoms with van der Waals surface area (Å²) in [6.45, 7) is 9.10. The molecule has 0 saturated carbocycles. The van der Waals surface area contributed by atoms with E-state index in [1.165, 1.54) is 4.57 Å². The van der Waals surface area contributed by atoms with Crippen molar-refractivity contribution in [1.29, 1.82) is 5.26 Å². The summed E-state index contributed by atoms with van der Waals surface area (Å²) in [5, 5.41) is 16.7. The van der Waals surface area contributed by atoms with E-state index in [1.54, 1.807) is 44.3 Å². The summed E-state index contributed by atoms with van der Waals surface area (Å²) in [6, 6.07) is 13.8. The number of fused-ring (bicyclic) bond motifs is 1. The van der Waals surface area contributed by atoms with Gasteiger partial charge in [0, 0.05) is 36.2 Å². The van der Waals surface area contributed by atoms with E-state index in [0.717, 1.165) is 37.0 Å². The third-order valence-corrected chi connectivity index (χ3v) is 7.18. The molecule has 1 aromatic carbocycles. The van der Waals surface area contributed by atoms with E-state index >= 15 is 0 Å². The van der Waals surface area contributed by atoms with Crippen LogP contribution >= 0.6 is 0 Å². The summed E-state index contributed by atoms with van der Waals surface area (Å²) in [6.07, 6.45) is -0.779. The summed E-state index contributed by atoms with van der Waals surface area (Å²) >= 11 is 0. The quantitative estimate of drug-likeness (QED) is 0.355. The Bertz CT molecular complexity index is 1380. The van der Waals surface area contributed by atoms with Crippen molar-refractivity contribution in [2.45, 2.75) is 70.8 Å². The molecule has 1 fully saturated rings. The van der Waals surface area contributed by atoms with Gasteiger partial charge >= 0.3 is 6.18 Å². The fraction of sp³-hybridized carbons (Fsp3) is 0.467. The molecule has 6 nitrogen and oxygen atoms in total. The Balaban J connectivity index is 1.53. The van der Waals surface area contributed by atoms with Gasteiger partial charge in [-0.15, -0.1) is 0 Å². The Kier molecular flexibility index (Phi) is 8.42. The van der Waals surface area contributed by atoms with Gasteiger partial charge in [-0.2, -0.15) is 18.4 Å². The first-order chi connectivity index (χ1) is 18.5. The number of aromatic nitrogens is 2. The molecular formula is C30H35F3N6. The number of nitriles is 1. The number of halogens is 3. The van der Waals surface area contributed by atoms with Gasteiger partial charge in [0.2, 0.25) is 0 Å². The van der Waals surface area contributed by atoms with E-state index in [9.17, 15) is 18.4 Å². The molecule has 0 aliphatic carbocycles. The van der Waals surface area contributed by atoms with Crippen molar-refractivity contribution in [3.8, 4) is 17.9 Å². The lowest BCUT2D eigenvalue weighted by atomic mass is 9.91. The third-order valence-electron chi connectivity index (χ3n) is 7.18. The lowest BCUT2D eigenvalue weighted by Crippen LogP contribution is -2.42. The smallest absolute Gasteiger partial charge is 0.382 e. The molecule has 1 aliphatic rings. The van der Waals surface area contributed by atoms with Gasteiger partial charge in [-0.05, 0) is 76.8 Å². The maximum Gasteiger partial charge on any atom is 0.406 e. The molecule has 206 valence electrons. The molecule has 4 rings (SSSR count). The highest BCUT2D eigenvalue weighted by Gasteiger charge is 2.30. The van der Waals surface area contributed by atoms with E-state index in [4.69, 9.17) is 0 Å². The normalized spacial score (nSPS) is 15.2. The predicted octanol–water partition coefficient (Wildman–Crippen LogP) is 6.15. The number of pyridine rings is 1. The van der Waals surface area contributed by atoms with Crippen LogP contribution in [0.4, 0.5) is 24.5 Å². The molecule has 0 unspecified atom stereocenters. The average Bonchev–Trinajstić information content (AvgIpc) is 3.24. The minimum Gasteiger partial charge on any atom is -0.382 e. The maximum absolute atomic E-state index is 13.5. The van der Waals surface area contributed by atoms with E-state index in [0.29, 0.717) is 28.6 Å². The monoisotopic (exact) mass is 536 g/mol. The van der Waals surface area contributed by atoms with Crippen molar-refractivity contribution in [3.05, 3.63) is 54.0 Å². The molecule has 0 radical (unpaired) electrons. The number of benzene rings is 1. The standard InChI is InChI=1S/C30H35F3N6/c1-21(2)38-15-12-22(13-16-38)37-26-8-5-9-27-25(26)17-24(39(27)20-30(31,32)33)7-6-14-35-23-10-11-28(36-18-23)29(3,4)19-34/h5,8-11,17-18,21-22,35,37H,12-16,20H2,1-4H3. The molecule has 0 atom stereocenters. The lowest BCUT2D eigenvalue weighted by Gasteiger charge is -2.35. The molecule has 1 aliphatic heterocycles. The summed E-state index contributed by atoms with van der Waals surface area (Å²) in [4.78, 5) is 6.78. The fourth-order valence-corrected chi connectivity index (χ4v) is 4.85. The van der Waals surface area contributed by atoms with Crippen molar-refractivity contribution in [3.63, 3.8) is 0 Å². The van der Waals surface area contributed by atoms with Crippen LogP contribution < -0.4 is 10.6 Å². The largest absolute Gasteiger partial charge is 0.406 e. The number of piperidine rings is 1. The molecule has 3 aromatic rings. The molecule has 3 heterocycles. The Morgan fingerprint density at radius 1 is 1.13 bits per heavy atom. The maximum atomic E-state index is 13.5. The Labute approximate surface area is 228 Å². The second-order valence-electron chi connectivity index (χ2n) is 10.8. The van der Waals surface area contributed by atoms with Gasteiger partial charge in [0.15, 0.2) is 0 Å². The number of likely N-dealkylation sites (tertiary alicyclic amines) is 1. The second-order valence-corrected chi connectivity index (χ2v) is 10.8. The Morgan fingerprint density at radius 2 is 1.87 bits per heavy atom. The molecule has 1 saturated heterocycles. The van der Waals surface area contributed by atoms with E-state index in [2.05, 4.69) is 52.3 Å². The molecule has 0 amide bonds. The van der Waals surface area contributed by atoms with Gasteiger partial charge in [0.25, 0.3) is 0 Å². The number of nitrogens with zero attached hydrogens (tertiary/aromatic N) is 4. The molecule has 2 aromatic heterocycles. The van der Waals surface area contributed by atoms with Gasteiger partial charge in [-0.1, -0.05) is 12.0 Å². The Morgan fingerprint density at radius 3 is 2.49 bits per heavy atom. The van der Waals surface area contributed by atoms with Gasteiger partial charge < -0.3 is 20.1 Å². The number of hydrogen-bond donors (Lipinski definition) is 2. The molecule has 0 spiro atoms. The van der Waals surface area contributed by atoms with Gasteiger partial charge in [-0.25, -0.2) is 0 Å². The zero-order valence-corrected chi connectivity index (χ0v) is 22.9. The van der Waals surface area contributed by atoms with Crippen molar-refractivity contribution in [1.82, 2.24) is 14.5 Å². The highest BCUT2D eigenvalue weighted by atomic mass is 19.4. The zero-order valence-electron chi connectivity index (χ0n) is 22.9. The van der Waals surface area contributed by atoms with Crippen LogP contribution in [0.3, 0.4) is 0 Å². The van der Waals surface area contributed by atoms with Crippen LogP contribution in [0.2, 0.25) is 0 Å². The topological polar surface area (TPSA) is 68.9 Å². The van der Waals surface area contributed by atoms with Crippen LogP contribution in [0.5, 0.6) is 0 Å².